The molecule has 2 atom stereocenters. The first-order chi connectivity index (χ1) is 9.08. The molecule has 2 unspecified atom stereocenters. The minimum absolute atomic E-state index is 0.0642. The Balaban J connectivity index is 1.90. The van der Waals surface area contributed by atoms with Crippen molar-refractivity contribution in [2.75, 3.05) is 13.2 Å². The van der Waals surface area contributed by atoms with Gasteiger partial charge in [0.25, 0.3) is 5.91 Å². The number of carboxylic acid groups (broad SMARTS) is 1. The van der Waals surface area contributed by atoms with Crippen LogP contribution < -0.4 is 5.32 Å². The average molecular weight is 264 g/mol. The van der Waals surface area contributed by atoms with Crippen molar-refractivity contribution in [3.8, 4) is 0 Å². The summed E-state index contributed by atoms with van der Waals surface area (Å²) in [5, 5.41) is 11.5. The van der Waals surface area contributed by atoms with Crippen molar-refractivity contribution in [1.29, 1.82) is 0 Å². The molecular weight excluding hydrogens is 248 g/mol. The molecule has 0 bridgehead atoms. The number of carbonyl (C=O) groups excluding carboxylic acids is 1. The van der Waals surface area contributed by atoms with E-state index in [0.717, 1.165) is 13.0 Å². The molecule has 0 spiro atoms. The van der Waals surface area contributed by atoms with Gasteiger partial charge in [-0.1, -0.05) is 0 Å². The third kappa shape index (κ3) is 3.29. The number of nitrogens with zero attached hydrogens (tertiary/aromatic N) is 1. The summed E-state index contributed by atoms with van der Waals surface area (Å²) < 4.78 is 5.41. The summed E-state index contributed by atoms with van der Waals surface area (Å²) in [4.78, 5) is 26.3. The van der Waals surface area contributed by atoms with Gasteiger partial charge in [0.05, 0.1) is 11.7 Å². The fraction of sp³-hybridized carbons (Fsp3) is 0.462. The Kier molecular flexibility index (Phi) is 4.11. The van der Waals surface area contributed by atoms with Crippen molar-refractivity contribution in [3.05, 3.63) is 29.6 Å². The first-order valence-electron chi connectivity index (χ1n) is 6.17. The number of carboxylic acids is 1. The maximum absolute atomic E-state index is 11.8. The molecule has 1 aliphatic heterocycles. The molecule has 1 amide bonds. The second kappa shape index (κ2) is 5.79. The second-order valence-electron chi connectivity index (χ2n) is 4.57. The Bertz CT molecular complexity index is 472. The minimum atomic E-state index is -1.06. The number of rotatable bonds is 4. The molecule has 6 nitrogen and oxygen atoms in total. The van der Waals surface area contributed by atoms with E-state index in [2.05, 4.69) is 10.3 Å². The number of aromatic nitrogens is 1. The van der Waals surface area contributed by atoms with E-state index in [1.54, 1.807) is 0 Å². The Hall–Kier alpha value is -1.95. The fourth-order valence-electron chi connectivity index (χ4n) is 2.01. The van der Waals surface area contributed by atoms with E-state index in [-0.39, 0.29) is 23.3 Å². The zero-order valence-corrected chi connectivity index (χ0v) is 10.6. The monoisotopic (exact) mass is 264 g/mol. The van der Waals surface area contributed by atoms with Crippen LogP contribution in [-0.2, 0) is 4.74 Å². The molecule has 0 aliphatic carbocycles. The maximum Gasteiger partial charge on any atom is 0.337 e. The fourth-order valence-corrected chi connectivity index (χ4v) is 2.01. The van der Waals surface area contributed by atoms with E-state index >= 15 is 0 Å². The van der Waals surface area contributed by atoms with Crippen LogP contribution in [0.1, 0.15) is 34.2 Å². The van der Waals surface area contributed by atoms with Crippen LogP contribution in [0.15, 0.2) is 18.3 Å². The van der Waals surface area contributed by atoms with Gasteiger partial charge in [0.1, 0.15) is 5.69 Å². The summed E-state index contributed by atoms with van der Waals surface area (Å²) in [5.74, 6) is -1.03. The van der Waals surface area contributed by atoms with Crippen molar-refractivity contribution in [2.45, 2.75) is 19.4 Å². The van der Waals surface area contributed by atoms with Crippen molar-refractivity contribution in [3.63, 3.8) is 0 Å². The Morgan fingerprint density at radius 3 is 2.84 bits per heavy atom. The summed E-state index contributed by atoms with van der Waals surface area (Å²) in [6.45, 7) is 3.26. The molecule has 6 heteroatoms. The summed E-state index contributed by atoms with van der Waals surface area (Å²) in [6.07, 6.45) is 2.27. The van der Waals surface area contributed by atoms with Gasteiger partial charge in [-0.25, -0.2) is 4.79 Å². The molecule has 0 radical (unpaired) electrons. The largest absolute Gasteiger partial charge is 0.478 e. The van der Waals surface area contributed by atoms with E-state index in [9.17, 15) is 9.59 Å². The Morgan fingerprint density at radius 2 is 2.32 bits per heavy atom. The van der Waals surface area contributed by atoms with Crippen LogP contribution in [0.3, 0.4) is 0 Å². The zero-order chi connectivity index (χ0) is 13.8. The number of hydrogen-bond acceptors (Lipinski definition) is 4. The average Bonchev–Trinajstić information content (AvgIpc) is 2.81. The van der Waals surface area contributed by atoms with Crippen molar-refractivity contribution < 1.29 is 19.4 Å². The Labute approximate surface area is 110 Å². The van der Waals surface area contributed by atoms with Gasteiger partial charge < -0.3 is 15.2 Å². The van der Waals surface area contributed by atoms with Crippen LogP contribution in [0.4, 0.5) is 0 Å². The Morgan fingerprint density at radius 1 is 1.53 bits per heavy atom. The number of hydrogen-bond donors (Lipinski definition) is 2. The molecule has 19 heavy (non-hydrogen) atoms. The van der Waals surface area contributed by atoms with Gasteiger partial charge in [-0.2, -0.15) is 0 Å². The van der Waals surface area contributed by atoms with E-state index in [1.807, 2.05) is 6.92 Å². The number of aromatic carboxylic acids is 1. The van der Waals surface area contributed by atoms with Crippen molar-refractivity contribution in [1.82, 2.24) is 10.3 Å². The third-order valence-electron chi connectivity index (χ3n) is 3.30. The summed E-state index contributed by atoms with van der Waals surface area (Å²) >= 11 is 0. The SMILES string of the molecule is CC1OCCC1CNC(=O)c1ccc(C(=O)O)cn1. The molecule has 102 valence electrons. The standard InChI is InChI=1S/C13H16N2O4/c1-8-9(4-5-19-8)6-15-12(16)11-3-2-10(7-14-11)13(17)18/h2-3,7-9H,4-6H2,1H3,(H,15,16)(H,17,18). The van der Waals surface area contributed by atoms with E-state index in [4.69, 9.17) is 9.84 Å². The van der Waals surface area contributed by atoms with Crippen molar-refractivity contribution in [2.24, 2.45) is 5.92 Å². The van der Waals surface area contributed by atoms with Gasteiger partial charge in [0.15, 0.2) is 0 Å². The molecule has 2 rings (SSSR count). The van der Waals surface area contributed by atoms with E-state index in [1.165, 1.54) is 18.3 Å². The lowest BCUT2D eigenvalue weighted by molar-refractivity contribution is 0.0695. The highest BCUT2D eigenvalue weighted by Gasteiger charge is 2.24. The van der Waals surface area contributed by atoms with Crippen LogP contribution in [0.25, 0.3) is 0 Å². The number of carbonyl (C=O) groups is 2. The number of nitrogens with one attached hydrogen (secondary N) is 1. The summed E-state index contributed by atoms with van der Waals surface area (Å²) in [7, 11) is 0. The van der Waals surface area contributed by atoms with E-state index < -0.39 is 5.97 Å². The van der Waals surface area contributed by atoms with Crippen LogP contribution in [0, 0.1) is 5.92 Å². The normalized spacial score (nSPS) is 22.2. The van der Waals surface area contributed by atoms with E-state index in [0.29, 0.717) is 12.5 Å². The first kappa shape index (κ1) is 13.5. The van der Waals surface area contributed by atoms with Crippen molar-refractivity contribution >= 4 is 11.9 Å². The van der Waals surface area contributed by atoms with Gasteiger partial charge in [-0.05, 0) is 25.5 Å². The highest BCUT2D eigenvalue weighted by molar-refractivity contribution is 5.93. The molecule has 1 fully saturated rings. The van der Waals surface area contributed by atoms with Crippen LogP contribution in [0.2, 0.25) is 0 Å². The van der Waals surface area contributed by atoms with Gasteiger partial charge in [-0.3, -0.25) is 9.78 Å². The van der Waals surface area contributed by atoms with Crippen LogP contribution in [0.5, 0.6) is 0 Å². The second-order valence-corrected chi connectivity index (χ2v) is 4.57. The first-order valence-corrected chi connectivity index (χ1v) is 6.17. The van der Waals surface area contributed by atoms with Gasteiger partial charge in [-0.15, -0.1) is 0 Å². The lowest BCUT2D eigenvalue weighted by atomic mass is 10.0. The predicted molar refractivity (Wildman–Crippen MR) is 67.1 cm³/mol. The van der Waals surface area contributed by atoms with Crippen LogP contribution in [-0.4, -0.2) is 41.2 Å². The predicted octanol–water partition coefficient (Wildman–Crippen LogP) is 0.935. The molecule has 1 saturated heterocycles. The highest BCUT2D eigenvalue weighted by atomic mass is 16.5. The third-order valence-corrected chi connectivity index (χ3v) is 3.30. The van der Waals surface area contributed by atoms with Gasteiger partial charge in [0.2, 0.25) is 0 Å². The number of amides is 1. The summed E-state index contributed by atoms with van der Waals surface area (Å²) in [5.41, 5.74) is 0.283. The molecule has 2 N–H and O–H groups in total. The summed E-state index contributed by atoms with van der Waals surface area (Å²) in [6, 6.07) is 2.78. The zero-order valence-electron chi connectivity index (χ0n) is 10.6. The number of ether oxygens (including phenoxy) is 1. The molecule has 0 aromatic carbocycles. The smallest absolute Gasteiger partial charge is 0.337 e. The molecule has 0 saturated carbocycles. The highest BCUT2D eigenvalue weighted by Crippen LogP contribution is 2.19. The lowest BCUT2D eigenvalue weighted by Crippen LogP contribution is -2.32. The topological polar surface area (TPSA) is 88.5 Å². The lowest BCUT2D eigenvalue weighted by Gasteiger charge is -2.14. The maximum atomic E-state index is 11.8. The molecule has 1 aromatic heterocycles. The van der Waals surface area contributed by atoms with Crippen LogP contribution >= 0.6 is 0 Å². The molecule has 1 aromatic rings. The minimum Gasteiger partial charge on any atom is -0.478 e. The molecule has 1 aliphatic rings. The van der Waals surface area contributed by atoms with Gasteiger partial charge >= 0.3 is 5.97 Å². The molecule has 2 heterocycles. The molecular formula is C13H16N2O4. The quantitative estimate of drug-likeness (QED) is 0.844. The van der Waals surface area contributed by atoms with Gasteiger partial charge in [0, 0.05) is 25.3 Å². The number of pyridine rings is 1.